The first-order chi connectivity index (χ1) is 6.12. The first-order valence-electron chi connectivity index (χ1n) is 4.45. The van der Waals surface area contributed by atoms with Gasteiger partial charge in [0, 0.05) is 11.3 Å². The lowest BCUT2D eigenvalue weighted by molar-refractivity contribution is 0.705. The molecule has 0 radical (unpaired) electrons. The Hall–Kier alpha value is -0.470. The number of hydrogen-bond donors (Lipinski definition) is 1. The lowest BCUT2D eigenvalue weighted by Gasteiger charge is -2.26. The van der Waals surface area contributed by atoms with Gasteiger partial charge in [0.05, 0.1) is 0 Å². The predicted octanol–water partition coefficient (Wildman–Crippen LogP) is 2.53. The summed E-state index contributed by atoms with van der Waals surface area (Å²) >= 11 is 1.81. The van der Waals surface area contributed by atoms with Crippen LogP contribution in [0.15, 0.2) is 24.3 Å². The summed E-state index contributed by atoms with van der Waals surface area (Å²) in [4.78, 5) is 0. The van der Waals surface area contributed by atoms with Crippen molar-refractivity contribution in [2.24, 2.45) is 5.73 Å². The van der Waals surface area contributed by atoms with Crippen molar-refractivity contribution in [3.05, 3.63) is 35.4 Å². The molecule has 0 aromatic heterocycles. The zero-order valence-electron chi connectivity index (χ0n) is 8.50. The van der Waals surface area contributed by atoms with Crippen LogP contribution in [0.4, 0.5) is 0 Å². The summed E-state index contributed by atoms with van der Waals surface area (Å²) in [5, 5.41) is 0. The molecule has 0 aliphatic rings. The highest BCUT2D eigenvalue weighted by Gasteiger charge is 2.23. The maximum Gasteiger partial charge on any atom is 0.0499 e. The summed E-state index contributed by atoms with van der Waals surface area (Å²) in [7, 11) is 0. The van der Waals surface area contributed by atoms with Crippen LogP contribution < -0.4 is 5.73 Å². The molecule has 0 spiro atoms. The van der Waals surface area contributed by atoms with Crippen LogP contribution in [0.25, 0.3) is 0 Å². The molecule has 1 aromatic carbocycles. The van der Waals surface area contributed by atoms with Crippen molar-refractivity contribution in [3.63, 3.8) is 0 Å². The Bertz CT molecular complexity index is 279. The highest BCUT2D eigenvalue weighted by atomic mass is 32.2. The summed E-state index contributed by atoms with van der Waals surface area (Å²) < 4.78 is 0.0615. The second kappa shape index (κ2) is 4.16. The van der Waals surface area contributed by atoms with Gasteiger partial charge in [0.25, 0.3) is 0 Å². The number of hydrogen-bond acceptors (Lipinski definition) is 2. The van der Waals surface area contributed by atoms with Gasteiger partial charge in [-0.05, 0) is 25.7 Å². The molecule has 0 aliphatic carbocycles. The van der Waals surface area contributed by atoms with Crippen LogP contribution in [-0.2, 0) is 4.75 Å². The lowest BCUT2D eigenvalue weighted by atomic mass is 9.99. The molecule has 0 amide bonds. The average molecular weight is 195 g/mol. The van der Waals surface area contributed by atoms with Crippen molar-refractivity contribution >= 4 is 11.8 Å². The van der Waals surface area contributed by atoms with Crippen molar-refractivity contribution in [2.75, 3.05) is 12.8 Å². The summed E-state index contributed by atoms with van der Waals surface area (Å²) in [5.74, 6) is 0. The van der Waals surface area contributed by atoms with Crippen molar-refractivity contribution < 1.29 is 0 Å². The fraction of sp³-hybridized carbons (Fsp3) is 0.455. The van der Waals surface area contributed by atoms with E-state index in [0.29, 0.717) is 6.54 Å². The lowest BCUT2D eigenvalue weighted by Crippen LogP contribution is -2.27. The van der Waals surface area contributed by atoms with Crippen molar-refractivity contribution in [1.29, 1.82) is 0 Å². The molecule has 0 aliphatic heterocycles. The molecule has 1 unspecified atom stereocenters. The van der Waals surface area contributed by atoms with Crippen LogP contribution >= 0.6 is 11.8 Å². The van der Waals surface area contributed by atoms with Crippen LogP contribution in [-0.4, -0.2) is 12.8 Å². The van der Waals surface area contributed by atoms with Gasteiger partial charge in [-0.1, -0.05) is 29.8 Å². The quantitative estimate of drug-likeness (QED) is 0.802. The third kappa shape index (κ3) is 2.26. The van der Waals surface area contributed by atoms with Crippen molar-refractivity contribution in [3.8, 4) is 0 Å². The fourth-order valence-electron chi connectivity index (χ4n) is 1.29. The summed E-state index contributed by atoms with van der Waals surface area (Å²) in [6.07, 6.45) is 2.11. The van der Waals surface area contributed by atoms with E-state index in [1.807, 2.05) is 11.8 Å². The molecule has 0 fully saturated rings. The predicted molar refractivity (Wildman–Crippen MR) is 61.1 cm³/mol. The van der Waals surface area contributed by atoms with Crippen LogP contribution in [0.3, 0.4) is 0 Å². The van der Waals surface area contributed by atoms with Gasteiger partial charge in [-0.2, -0.15) is 11.8 Å². The molecule has 1 aromatic rings. The Morgan fingerprint density at radius 1 is 1.46 bits per heavy atom. The van der Waals surface area contributed by atoms with E-state index in [-0.39, 0.29) is 4.75 Å². The van der Waals surface area contributed by atoms with Crippen LogP contribution in [0.1, 0.15) is 18.1 Å². The Morgan fingerprint density at radius 2 is 2.15 bits per heavy atom. The van der Waals surface area contributed by atoms with Gasteiger partial charge in [-0.25, -0.2) is 0 Å². The van der Waals surface area contributed by atoms with E-state index < -0.39 is 0 Å². The Kier molecular flexibility index (Phi) is 3.40. The Morgan fingerprint density at radius 3 is 2.62 bits per heavy atom. The molecule has 1 nitrogen and oxygen atoms in total. The van der Waals surface area contributed by atoms with Gasteiger partial charge in [-0.3, -0.25) is 0 Å². The van der Waals surface area contributed by atoms with Gasteiger partial charge in [0.15, 0.2) is 0 Å². The first-order valence-corrected chi connectivity index (χ1v) is 5.67. The van der Waals surface area contributed by atoms with Crippen molar-refractivity contribution in [2.45, 2.75) is 18.6 Å². The van der Waals surface area contributed by atoms with Gasteiger partial charge < -0.3 is 5.73 Å². The van der Waals surface area contributed by atoms with Crippen LogP contribution in [0.2, 0.25) is 0 Å². The average Bonchev–Trinajstić information content (AvgIpc) is 2.17. The monoisotopic (exact) mass is 195 g/mol. The molecule has 1 rings (SSSR count). The maximum absolute atomic E-state index is 5.78. The third-order valence-electron chi connectivity index (χ3n) is 2.47. The minimum absolute atomic E-state index is 0.0615. The molecule has 0 saturated carbocycles. The van der Waals surface area contributed by atoms with E-state index in [0.717, 1.165) is 0 Å². The normalized spacial score (nSPS) is 15.4. The van der Waals surface area contributed by atoms with E-state index in [4.69, 9.17) is 5.73 Å². The SMILES string of the molecule is CSC(C)(CN)c1cccc(C)c1. The molecular weight excluding hydrogens is 178 g/mol. The van der Waals surface area contributed by atoms with E-state index in [1.165, 1.54) is 11.1 Å². The fourth-order valence-corrected chi connectivity index (χ4v) is 1.82. The maximum atomic E-state index is 5.78. The summed E-state index contributed by atoms with van der Waals surface area (Å²) in [6, 6.07) is 8.56. The number of nitrogens with two attached hydrogens (primary N) is 1. The second-order valence-corrected chi connectivity index (χ2v) is 4.82. The molecule has 72 valence electrons. The molecular formula is C11H17NS. The Labute approximate surface area is 84.7 Å². The van der Waals surface area contributed by atoms with Gasteiger partial charge in [-0.15, -0.1) is 0 Å². The third-order valence-corrected chi connectivity index (χ3v) is 3.77. The molecule has 0 saturated heterocycles. The highest BCUT2D eigenvalue weighted by Crippen LogP contribution is 2.33. The number of benzene rings is 1. The van der Waals surface area contributed by atoms with Gasteiger partial charge in [0.1, 0.15) is 0 Å². The number of aryl methyl sites for hydroxylation is 1. The molecule has 2 heteroatoms. The minimum Gasteiger partial charge on any atom is -0.329 e. The Balaban J connectivity index is 3.05. The van der Waals surface area contributed by atoms with Crippen LogP contribution in [0, 0.1) is 6.92 Å². The van der Waals surface area contributed by atoms with E-state index in [9.17, 15) is 0 Å². The first kappa shape index (κ1) is 10.6. The van der Waals surface area contributed by atoms with E-state index >= 15 is 0 Å². The van der Waals surface area contributed by atoms with E-state index in [2.05, 4.69) is 44.4 Å². The van der Waals surface area contributed by atoms with Gasteiger partial charge >= 0.3 is 0 Å². The molecule has 2 N–H and O–H groups in total. The number of rotatable bonds is 3. The number of thioether (sulfide) groups is 1. The summed E-state index contributed by atoms with van der Waals surface area (Å²) in [6.45, 7) is 4.98. The molecule has 1 atom stereocenters. The van der Waals surface area contributed by atoms with Crippen LogP contribution in [0.5, 0.6) is 0 Å². The zero-order chi connectivity index (χ0) is 9.90. The highest BCUT2D eigenvalue weighted by molar-refractivity contribution is 7.99. The minimum atomic E-state index is 0.0615. The van der Waals surface area contributed by atoms with E-state index in [1.54, 1.807) is 0 Å². The van der Waals surface area contributed by atoms with Crippen molar-refractivity contribution in [1.82, 2.24) is 0 Å². The largest absolute Gasteiger partial charge is 0.329 e. The molecule has 13 heavy (non-hydrogen) atoms. The summed E-state index contributed by atoms with van der Waals surface area (Å²) in [5.41, 5.74) is 8.40. The topological polar surface area (TPSA) is 26.0 Å². The van der Waals surface area contributed by atoms with Gasteiger partial charge in [0.2, 0.25) is 0 Å². The molecule has 0 heterocycles. The zero-order valence-corrected chi connectivity index (χ0v) is 9.32. The second-order valence-electron chi connectivity index (χ2n) is 3.51. The smallest absolute Gasteiger partial charge is 0.0499 e. The molecule has 0 bridgehead atoms. The standard InChI is InChI=1S/C11H17NS/c1-9-5-4-6-10(7-9)11(2,8-12)13-3/h4-7H,8,12H2,1-3H3.